The third kappa shape index (κ3) is 3.02. The molecule has 0 radical (unpaired) electrons. The predicted molar refractivity (Wildman–Crippen MR) is 76.7 cm³/mol. The minimum Gasteiger partial charge on any atom is -0.460 e. The fourth-order valence-corrected chi connectivity index (χ4v) is 2.22. The van der Waals surface area contributed by atoms with Gasteiger partial charge in [0.1, 0.15) is 17.3 Å². The molecule has 0 saturated heterocycles. The summed E-state index contributed by atoms with van der Waals surface area (Å²) in [5.74, 6) is 1.52. The van der Waals surface area contributed by atoms with Crippen molar-refractivity contribution in [2.24, 2.45) is 11.0 Å². The Hall–Kier alpha value is -2.43. The summed E-state index contributed by atoms with van der Waals surface area (Å²) < 4.78 is 19.0. The van der Waals surface area contributed by atoms with Gasteiger partial charge in [-0.25, -0.2) is 9.82 Å². The molecule has 1 aliphatic rings. The van der Waals surface area contributed by atoms with Gasteiger partial charge in [0, 0.05) is 5.92 Å². The maximum absolute atomic E-state index is 13.4. The van der Waals surface area contributed by atoms with Crippen LogP contribution in [0.4, 0.5) is 4.39 Å². The van der Waals surface area contributed by atoms with Gasteiger partial charge in [-0.1, -0.05) is 19.1 Å². The molecule has 3 rings (SSSR count). The normalized spacial score (nSPS) is 20.7. The van der Waals surface area contributed by atoms with Gasteiger partial charge in [-0.3, -0.25) is 4.79 Å². The Labute approximate surface area is 121 Å². The van der Waals surface area contributed by atoms with E-state index in [4.69, 9.17) is 4.42 Å². The summed E-state index contributed by atoms with van der Waals surface area (Å²) in [4.78, 5) is 11.7. The van der Waals surface area contributed by atoms with Crippen molar-refractivity contribution in [1.29, 1.82) is 0 Å². The SMILES string of the molecule is C[C@H]1C[C@H]1c1ccc(/C=N\NC(=O)c2ccccc2F)o1. The third-order valence-corrected chi connectivity index (χ3v) is 3.60. The Morgan fingerprint density at radius 2 is 2.14 bits per heavy atom. The highest BCUT2D eigenvalue weighted by Crippen LogP contribution is 2.47. The Bertz CT molecular complexity index is 693. The fourth-order valence-electron chi connectivity index (χ4n) is 2.22. The van der Waals surface area contributed by atoms with Crippen LogP contribution in [-0.4, -0.2) is 12.1 Å². The van der Waals surface area contributed by atoms with Gasteiger partial charge >= 0.3 is 0 Å². The standard InChI is InChI=1S/C16H15FN2O2/c1-10-8-13(10)15-7-6-11(21-15)9-18-19-16(20)12-4-2-3-5-14(12)17/h2-7,9-10,13H,8H2,1H3,(H,19,20)/b18-9-/t10-,13+/m0/s1. The average molecular weight is 286 g/mol. The van der Waals surface area contributed by atoms with Crippen molar-refractivity contribution in [2.45, 2.75) is 19.3 Å². The van der Waals surface area contributed by atoms with E-state index >= 15 is 0 Å². The number of rotatable bonds is 4. The van der Waals surface area contributed by atoms with Crippen LogP contribution in [0.5, 0.6) is 0 Å². The van der Waals surface area contributed by atoms with Crippen molar-refractivity contribution in [1.82, 2.24) is 5.43 Å². The monoisotopic (exact) mass is 286 g/mol. The minimum absolute atomic E-state index is 0.0402. The van der Waals surface area contributed by atoms with Gasteiger partial charge in [0.05, 0.1) is 11.8 Å². The number of benzene rings is 1. The van der Waals surface area contributed by atoms with E-state index in [9.17, 15) is 9.18 Å². The quantitative estimate of drug-likeness (QED) is 0.692. The van der Waals surface area contributed by atoms with Crippen molar-refractivity contribution in [3.63, 3.8) is 0 Å². The Morgan fingerprint density at radius 3 is 2.86 bits per heavy atom. The van der Waals surface area contributed by atoms with Crippen molar-refractivity contribution < 1.29 is 13.6 Å². The molecule has 4 nitrogen and oxygen atoms in total. The highest BCUT2D eigenvalue weighted by atomic mass is 19.1. The zero-order valence-electron chi connectivity index (χ0n) is 11.5. The van der Waals surface area contributed by atoms with Gasteiger partial charge in [-0.2, -0.15) is 5.10 Å². The summed E-state index contributed by atoms with van der Waals surface area (Å²) >= 11 is 0. The molecule has 108 valence electrons. The molecular formula is C16H15FN2O2. The Morgan fingerprint density at radius 1 is 1.38 bits per heavy atom. The lowest BCUT2D eigenvalue weighted by molar-refractivity contribution is 0.0951. The zero-order chi connectivity index (χ0) is 14.8. The number of furan rings is 1. The minimum atomic E-state index is -0.591. The molecule has 1 fully saturated rings. The molecule has 0 aliphatic heterocycles. The van der Waals surface area contributed by atoms with Crippen molar-refractivity contribution in [3.05, 3.63) is 59.3 Å². The average Bonchev–Trinajstić information content (AvgIpc) is 3.01. The number of hydrogen-bond donors (Lipinski definition) is 1. The molecule has 2 aromatic rings. The van der Waals surface area contributed by atoms with Crippen LogP contribution in [0.25, 0.3) is 0 Å². The van der Waals surface area contributed by atoms with Gasteiger partial charge in [0.2, 0.25) is 0 Å². The molecular weight excluding hydrogens is 271 g/mol. The topological polar surface area (TPSA) is 54.6 Å². The number of nitrogens with one attached hydrogen (secondary N) is 1. The number of hydrazone groups is 1. The second-order valence-corrected chi connectivity index (χ2v) is 5.24. The number of carbonyl (C=O) groups excluding carboxylic acids is 1. The van der Waals surface area contributed by atoms with Gasteiger partial charge in [0.15, 0.2) is 0 Å². The molecule has 21 heavy (non-hydrogen) atoms. The highest BCUT2D eigenvalue weighted by Gasteiger charge is 2.36. The molecule has 0 bridgehead atoms. The zero-order valence-corrected chi connectivity index (χ0v) is 11.5. The van der Waals surface area contributed by atoms with E-state index in [1.807, 2.05) is 6.07 Å². The summed E-state index contributed by atoms with van der Waals surface area (Å²) in [6.45, 7) is 2.18. The Balaban J connectivity index is 1.61. The summed E-state index contributed by atoms with van der Waals surface area (Å²) in [5, 5.41) is 3.79. The van der Waals surface area contributed by atoms with Crippen LogP contribution < -0.4 is 5.43 Å². The summed E-state index contributed by atoms with van der Waals surface area (Å²) in [5.41, 5.74) is 2.24. The van der Waals surface area contributed by atoms with Crippen LogP contribution in [0.1, 0.15) is 41.1 Å². The van der Waals surface area contributed by atoms with Gasteiger partial charge < -0.3 is 4.42 Å². The molecule has 1 N–H and O–H groups in total. The first-order valence-electron chi connectivity index (χ1n) is 6.83. The Kier molecular flexibility index (Phi) is 3.56. The van der Waals surface area contributed by atoms with E-state index in [0.717, 1.165) is 12.2 Å². The van der Waals surface area contributed by atoms with Crippen LogP contribution in [-0.2, 0) is 0 Å². The lowest BCUT2D eigenvalue weighted by Gasteiger charge is -2.00. The van der Waals surface area contributed by atoms with Crippen molar-refractivity contribution in [2.75, 3.05) is 0 Å². The summed E-state index contributed by atoms with van der Waals surface area (Å²) in [6.07, 6.45) is 2.56. The van der Waals surface area contributed by atoms with Crippen LogP contribution in [0.2, 0.25) is 0 Å². The number of nitrogens with zero attached hydrogens (tertiary/aromatic N) is 1. The van der Waals surface area contributed by atoms with E-state index in [1.54, 1.807) is 12.1 Å². The molecule has 1 aliphatic carbocycles. The van der Waals surface area contributed by atoms with Crippen LogP contribution in [0.15, 0.2) is 45.9 Å². The maximum atomic E-state index is 13.4. The first-order chi connectivity index (χ1) is 10.1. The third-order valence-electron chi connectivity index (χ3n) is 3.60. The first-order valence-corrected chi connectivity index (χ1v) is 6.83. The number of carbonyl (C=O) groups is 1. The van der Waals surface area contributed by atoms with Crippen LogP contribution in [0, 0.1) is 11.7 Å². The maximum Gasteiger partial charge on any atom is 0.274 e. The molecule has 1 amide bonds. The molecule has 2 atom stereocenters. The molecule has 0 spiro atoms. The number of amides is 1. The molecule has 0 unspecified atom stereocenters. The van der Waals surface area contributed by atoms with E-state index in [0.29, 0.717) is 17.6 Å². The predicted octanol–water partition coefficient (Wildman–Crippen LogP) is 3.31. The number of halogens is 1. The molecule has 5 heteroatoms. The largest absolute Gasteiger partial charge is 0.460 e. The summed E-state index contributed by atoms with van der Waals surface area (Å²) in [7, 11) is 0. The molecule has 1 aromatic carbocycles. The van der Waals surface area contributed by atoms with Gasteiger partial charge in [-0.05, 0) is 36.6 Å². The first kappa shape index (κ1) is 13.5. The van der Waals surface area contributed by atoms with Crippen molar-refractivity contribution in [3.8, 4) is 0 Å². The number of hydrogen-bond acceptors (Lipinski definition) is 3. The molecule has 1 heterocycles. The molecule has 1 aromatic heterocycles. The van der Waals surface area contributed by atoms with E-state index in [2.05, 4.69) is 17.5 Å². The van der Waals surface area contributed by atoms with Gasteiger partial charge in [-0.15, -0.1) is 0 Å². The lowest BCUT2D eigenvalue weighted by atomic mass is 10.2. The van der Waals surface area contributed by atoms with Crippen molar-refractivity contribution >= 4 is 12.1 Å². The van der Waals surface area contributed by atoms with Gasteiger partial charge in [0.25, 0.3) is 5.91 Å². The molecule has 1 saturated carbocycles. The fraction of sp³-hybridized carbons (Fsp3) is 0.250. The summed E-state index contributed by atoms with van der Waals surface area (Å²) in [6, 6.07) is 9.48. The van der Waals surface area contributed by atoms with Crippen LogP contribution in [0.3, 0.4) is 0 Å². The highest BCUT2D eigenvalue weighted by molar-refractivity contribution is 5.94. The lowest BCUT2D eigenvalue weighted by Crippen LogP contribution is -2.18. The van der Waals surface area contributed by atoms with E-state index in [-0.39, 0.29) is 5.56 Å². The smallest absolute Gasteiger partial charge is 0.274 e. The second-order valence-electron chi connectivity index (χ2n) is 5.24. The van der Waals surface area contributed by atoms with E-state index in [1.165, 1.54) is 24.4 Å². The second kappa shape index (κ2) is 5.52. The van der Waals surface area contributed by atoms with E-state index < -0.39 is 11.7 Å². The van der Waals surface area contributed by atoms with Crippen LogP contribution >= 0.6 is 0 Å².